The van der Waals surface area contributed by atoms with Crippen molar-refractivity contribution in [1.82, 2.24) is 10.2 Å². The number of halogens is 3. The summed E-state index contributed by atoms with van der Waals surface area (Å²) in [6.45, 7) is 6.71. The molecule has 7 heteroatoms. The molecule has 1 fully saturated rings. The molecule has 0 atom stereocenters. The lowest BCUT2D eigenvalue weighted by Crippen LogP contribution is -3.00. The van der Waals surface area contributed by atoms with E-state index in [4.69, 9.17) is 9.47 Å². The molecule has 0 unspecified atom stereocenters. The first kappa shape index (κ1) is 23.7. The first-order chi connectivity index (χ1) is 12.3. The number of rotatable bonds is 8. The number of nitrogens with zero attached hydrogens (tertiary/aromatic N) is 1. The smallest absolute Gasteiger partial charge is 0.129 e. The Morgan fingerprint density at radius 2 is 1.81 bits per heavy atom. The molecule has 3 rings (SSSR count). The first-order valence-corrected chi connectivity index (χ1v) is 8.77. The summed E-state index contributed by atoms with van der Waals surface area (Å²) in [6.07, 6.45) is 0. The minimum absolute atomic E-state index is 0. The Balaban J connectivity index is 0.00000182. The molecule has 1 aliphatic rings. The Hall–Kier alpha value is -1.37. The van der Waals surface area contributed by atoms with Crippen molar-refractivity contribution in [2.75, 3.05) is 39.4 Å². The van der Waals surface area contributed by atoms with Crippen LogP contribution in [0, 0.1) is 5.82 Å². The van der Waals surface area contributed by atoms with Crippen molar-refractivity contribution in [1.29, 1.82) is 0 Å². The Labute approximate surface area is 172 Å². The fourth-order valence-electron chi connectivity index (χ4n) is 2.82. The minimum Gasteiger partial charge on any atom is -1.00 e. The second-order valence-corrected chi connectivity index (χ2v) is 6.16. The van der Waals surface area contributed by atoms with Crippen molar-refractivity contribution < 1.29 is 38.7 Å². The van der Waals surface area contributed by atoms with Gasteiger partial charge < -0.3 is 39.6 Å². The Morgan fingerprint density at radius 3 is 2.59 bits per heavy atom. The van der Waals surface area contributed by atoms with Gasteiger partial charge in [-0.05, 0) is 23.8 Å². The normalized spacial score (nSPS) is 14.1. The second kappa shape index (κ2) is 12.9. The van der Waals surface area contributed by atoms with Crippen molar-refractivity contribution >= 4 is 0 Å². The van der Waals surface area contributed by atoms with Crippen LogP contribution in [0.4, 0.5) is 4.39 Å². The summed E-state index contributed by atoms with van der Waals surface area (Å²) in [5.74, 6) is 0.527. The molecule has 150 valence electrons. The van der Waals surface area contributed by atoms with Gasteiger partial charge in [0.05, 0.1) is 13.2 Å². The van der Waals surface area contributed by atoms with E-state index in [1.54, 1.807) is 12.1 Å². The number of nitrogens with one attached hydrogen (secondary N) is 1. The van der Waals surface area contributed by atoms with E-state index >= 15 is 0 Å². The van der Waals surface area contributed by atoms with Crippen molar-refractivity contribution in [3.63, 3.8) is 0 Å². The van der Waals surface area contributed by atoms with Crippen LogP contribution in [0.5, 0.6) is 5.75 Å². The first-order valence-electron chi connectivity index (χ1n) is 8.77. The van der Waals surface area contributed by atoms with Crippen molar-refractivity contribution in [2.45, 2.75) is 13.2 Å². The topological polar surface area (TPSA) is 33.7 Å². The van der Waals surface area contributed by atoms with Crippen LogP contribution in [0.2, 0.25) is 0 Å². The predicted octanol–water partition coefficient (Wildman–Crippen LogP) is -3.17. The summed E-state index contributed by atoms with van der Waals surface area (Å²) in [6, 6.07) is 14.6. The summed E-state index contributed by atoms with van der Waals surface area (Å²) in [4.78, 5) is 2.41. The van der Waals surface area contributed by atoms with Gasteiger partial charge >= 0.3 is 0 Å². The summed E-state index contributed by atoms with van der Waals surface area (Å²) in [5, 5.41) is 3.46. The van der Waals surface area contributed by atoms with Crippen LogP contribution in [0.3, 0.4) is 0 Å². The molecule has 1 N–H and O–H groups in total. The average Bonchev–Trinajstić information content (AvgIpc) is 2.66. The van der Waals surface area contributed by atoms with E-state index in [0.717, 1.165) is 57.3 Å². The van der Waals surface area contributed by atoms with Gasteiger partial charge in [0.15, 0.2) is 0 Å². The van der Waals surface area contributed by atoms with E-state index in [9.17, 15) is 4.39 Å². The molecule has 2 aromatic rings. The predicted molar refractivity (Wildman–Crippen MR) is 96.1 cm³/mol. The molecule has 0 radical (unpaired) electrons. The molecule has 1 saturated heterocycles. The zero-order valence-corrected chi connectivity index (χ0v) is 16.7. The Morgan fingerprint density at radius 1 is 1.04 bits per heavy atom. The molecule has 0 amide bonds. The van der Waals surface area contributed by atoms with Gasteiger partial charge in [0, 0.05) is 38.3 Å². The third kappa shape index (κ3) is 8.03. The fraction of sp³-hybridized carbons (Fsp3) is 0.400. The van der Waals surface area contributed by atoms with Crippen LogP contribution in [0.15, 0.2) is 48.5 Å². The van der Waals surface area contributed by atoms with Crippen LogP contribution in [0.1, 0.15) is 11.1 Å². The van der Waals surface area contributed by atoms with Gasteiger partial charge in [0.2, 0.25) is 0 Å². The zero-order valence-electron chi connectivity index (χ0n) is 15.2. The molecule has 0 saturated carbocycles. The number of hydrogen-bond donors (Lipinski definition) is 1. The summed E-state index contributed by atoms with van der Waals surface area (Å²) < 4.78 is 24.7. The van der Waals surface area contributed by atoms with Crippen LogP contribution < -0.4 is 34.9 Å². The lowest BCUT2D eigenvalue weighted by molar-refractivity contribution is -0.001000. The highest BCUT2D eigenvalue weighted by Gasteiger charge is 2.09. The maximum Gasteiger partial charge on any atom is 0.129 e. The highest BCUT2D eigenvalue weighted by molar-refractivity contribution is 5.29. The van der Waals surface area contributed by atoms with Gasteiger partial charge in [-0.2, -0.15) is 0 Å². The second-order valence-electron chi connectivity index (χ2n) is 6.16. The van der Waals surface area contributed by atoms with Gasteiger partial charge in [-0.25, -0.2) is 4.39 Å². The molecule has 0 aromatic heterocycles. The highest BCUT2D eigenvalue weighted by atomic mass is 35.5. The third-order valence-electron chi connectivity index (χ3n) is 4.29. The average molecular weight is 415 g/mol. The minimum atomic E-state index is -0.233. The lowest BCUT2D eigenvalue weighted by Gasteiger charge is -2.26. The van der Waals surface area contributed by atoms with Gasteiger partial charge in [0.25, 0.3) is 0 Å². The summed E-state index contributed by atoms with van der Waals surface area (Å²) in [5.41, 5.74) is 1.73. The van der Waals surface area contributed by atoms with E-state index in [1.165, 1.54) is 6.07 Å². The molecule has 4 nitrogen and oxygen atoms in total. The molecule has 0 bridgehead atoms. The third-order valence-corrected chi connectivity index (χ3v) is 4.29. The van der Waals surface area contributed by atoms with E-state index < -0.39 is 0 Å². The Kier molecular flexibility index (Phi) is 11.3. The number of hydrogen-bond acceptors (Lipinski definition) is 4. The fourth-order valence-corrected chi connectivity index (χ4v) is 2.82. The van der Waals surface area contributed by atoms with Crippen LogP contribution in [-0.2, 0) is 17.9 Å². The van der Waals surface area contributed by atoms with Gasteiger partial charge in [-0.15, -0.1) is 0 Å². The standard InChI is InChI=1S/C20H25FN2O2.2ClH/c21-20-7-2-1-5-18(20)16-25-19-6-3-4-17(14-19)15-22-8-9-23-10-12-24-13-11-23;;/h1-7,14,22H,8-13,15-16H2;2*1H/p-2. The van der Waals surface area contributed by atoms with Crippen molar-refractivity contribution in [3.05, 3.63) is 65.5 Å². The van der Waals surface area contributed by atoms with Gasteiger partial charge in [0.1, 0.15) is 18.2 Å². The summed E-state index contributed by atoms with van der Waals surface area (Å²) >= 11 is 0. The molecule has 0 aliphatic carbocycles. The zero-order chi connectivity index (χ0) is 17.3. The SMILES string of the molecule is Fc1ccccc1COc1cccc(CNCCN2CCOCC2)c1.[Cl-].[Cl-]. The van der Waals surface area contributed by atoms with Crippen LogP contribution in [0.25, 0.3) is 0 Å². The highest BCUT2D eigenvalue weighted by Crippen LogP contribution is 2.16. The molecule has 1 heterocycles. The maximum atomic E-state index is 13.6. The van der Waals surface area contributed by atoms with Crippen molar-refractivity contribution in [2.24, 2.45) is 0 Å². The molecule has 27 heavy (non-hydrogen) atoms. The van der Waals surface area contributed by atoms with Gasteiger partial charge in [-0.3, -0.25) is 4.90 Å². The van der Waals surface area contributed by atoms with Gasteiger partial charge in [-0.1, -0.05) is 30.3 Å². The van der Waals surface area contributed by atoms with Crippen molar-refractivity contribution in [3.8, 4) is 5.75 Å². The maximum absolute atomic E-state index is 13.6. The quantitative estimate of drug-likeness (QED) is 0.462. The van der Waals surface area contributed by atoms with E-state index in [-0.39, 0.29) is 37.2 Å². The summed E-state index contributed by atoms with van der Waals surface area (Å²) in [7, 11) is 0. The van der Waals surface area contributed by atoms with E-state index in [2.05, 4.69) is 16.3 Å². The number of morpholine rings is 1. The molecular formula is C20H25Cl2FN2O2-2. The Bertz CT molecular complexity index is 670. The largest absolute Gasteiger partial charge is 1.00 e. The lowest BCUT2D eigenvalue weighted by atomic mass is 10.2. The van der Waals surface area contributed by atoms with E-state index in [1.807, 2.05) is 24.3 Å². The molecular weight excluding hydrogens is 390 g/mol. The molecule has 1 aliphatic heterocycles. The van der Waals surface area contributed by atoms with Crippen LogP contribution in [-0.4, -0.2) is 44.3 Å². The monoisotopic (exact) mass is 414 g/mol. The number of benzene rings is 2. The molecule has 2 aromatic carbocycles. The van der Waals surface area contributed by atoms with Crippen LogP contribution >= 0.6 is 0 Å². The van der Waals surface area contributed by atoms with E-state index in [0.29, 0.717) is 5.56 Å². The molecule has 0 spiro atoms. The number of ether oxygens (including phenoxy) is 2.